The number of hydrogen-bond acceptors (Lipinski definition) is 2. The van der Waals surface area contributed by atoms with Gasteiger partial charge in [-0.1, -0.05) is 13.8 Å². The van der Waals surface area contributed by atoms with Crippen LogP contribution in [0, 0.1) is 5.92 Å². The lowest BCUT2D eigenvalue weighted by atomic mass is 10.2. The van der Waals surface area contributed by atoms with E-state index < -0.39 is 6.09 Å². The summed E-state index contributed by atoms with van der Waals surface area (Å²) < 4.78 is 0. The first-order valence-electron chi connectivity index (χ1n) is 4.30. The predicted molar refractivity (Wildman–Crippen MR) is 48.4 cm³/mol. The molecule has 0 heterocycles. The SMILES string of the molecule is CC(C)CNCCCNC(=O)O. The van der Waals surface area contributed by atoms with E-state index in [1.54, 1.807) is 0 Å². The molecule has 0 aromatic rings. The Morgan fingerprint density at radius 3 is 2.58 bits per heavy atom. The Balaban J connectivity index is 2.96. The highest BCUT2D eigenvalue weighted by Crippen LogP contribution is 1.86. The van der Waals surface area contributed by atoms with Gasteiger partial charge in [-0.2, -0.15) is 0 Å². The average molecular weight is 174 g/mol. The summed E-state index contributed by atoms with van der Waals surface area (Å²) in [5, 5.41) is 13.8. The molecule has 0 aromatic carbocycles. The summed E-state index contributed by atoms with van der Waals surface area (Å²) in [6.07, 6.45) is -0.0993. The van der Waals surface area contributed by atoms with Gasteiger partial charge in [-0.3, -0.25) is 0 Å². The van der Waals surface area contributed by atoms with Gasteiger partial charge in [0, 0.05) is 6.54 Å². The highest BCUT2D eigenvalue weighted by Gasteiger charge is 1.94. The van der Waals surface area contributed by atoms with E-state index >= 15 is 0 Å². The molecule has 0 saturated carbocycles. The van der Waals surface area contributed by atoms with E-state index in [0.29, 0.717) is 12.5 Å². The van der Waals surface area contributed by atoms with Crippen molar-refractivity contribution in [3.05, 3.63) is 0 Å². The highest BCUT2D eigenvalue weighted by molar-refractivity contribution is 5.64. The van der Waals surface area contributed by atoms with Crippen LogP contribution in [0.4, 0.5) is 4.79 Å². The lowest BCUT2D eigenvalue weighted by Gasteiger charge is -2.06. The lowest BCUT2D eigenvalue weighted by molar-refractivity contribution is 0.194. The van der Waals surface area contributed by atoms with Crippen LogP contribution >= 0.6 is 0 Å². The topological polar surface area (TPSA) is 61.4 Å². The molecule has 0 aromatic heterocycles. The smallest absolute Gasteiger partial charge is 0.404 e. The van der Waals surface area contributed by atoms with Crippen LogP contribution in [0.3, 0.4) is 0 Å². The van der Waals surface area contributed by atoms with Crippen molar-refractivity contribution in [2.45, 2.75) is 20.3 Å². The summed E-state index contributed by atoms with van der Waals surface area (Å²) in [7, 11) is 0. The number of hydrogen-bond donors (Lipinski definition) is 3. The molecule has 0 bridgehead atoms. The third-order valence-electron chi connectivity index (χ3n) is 1.36. The van der Waals surface area contributed by atoms with Crippen LogP contribution in [-0.4, -0.2) is 30.8 Å². The van der Waals surface area contributed by atoms with Crippen molar-refractivity contribution in [2.75, 3.05) is 19.6 Å². The molecule has 3 N–H and O–H groups in total. The fourth-order valence-corrected chi connectivity index (χ4v) is 0.799. The van der Waals surface area contributed by atoms with Crippen LogP contribution in [0.25, 0.3) is 0 Å². The van der Waals surface area contributed by atoms with Crippen molar-refractivity contribution < 1.29 is 9.90 Å². The van der Waals surface area contributed by atoms with Crippen molar-refractivity contribution in [1.82, 2.24) is 10.6 Å². The van der Waals surface area contributed by atoms with Gasteiger partial charge in [0.2, 0.25) is 0 Å². The van der Waals surface area contributed by atoms with Gasteiger partial charge in [0.15, 0.2) is 0 Å². The molecule has 4 heteroatoms. The minimum atomic E-state index is -0.946. The van der Waals surface area contributed by atoms with Gasteiger partial charge in [0.25, 0.3) is 0 Å². The Bertz CT molecular complexity index is 126. The van der Waals surface area contributed by atoms with Crippen molar-refractivity contribution in [1.29, 1.82) is 0 Å². The van der Waals surface area contributed by atoms with E-state index in [1.165, 1.54) is 0 Å². The van der Waals surface area contributed by atoms with Gasteiger partial charge in [-0.05, 0) is 25.4 Å². The van der Waals surface area contributed by atoms with Gasteiger partial charge in [-0.15, -0.1) is 0 Å². The van der Waals surface area contributed by atoms with Gasteiger partial charge in [0.1, 0.15) is 0 Å². The fourth-order valence-electron chi connectivity index (χ4n) is 0.799. The number of carboxylic acid groups (broad SMARTS) is 1. The Kier molecular flexibility index (Phi) is 6.47. The van der Waals surface area contributed by atoms with Crippen LogP contribution in [0.1, 0.15) is 20.3 Å². The second-order valence-corrected chi connectivity index (χ2v) is 3.18. The molecular formula is C8H18N2O2. The van der Waals surface area contributed by atoms with E-state index in [1.807, 2.05) is 0 Å². The van der Waals surface area contributed by atoms with Crippen molar-refractivity contribution in [3.8, 4) is 0 Å². The van der Waals surface area contributed by atoms with E-state index in [2.05, 4.69) is 24.5 Å². The molecule has 0 fully saturated rings. The quantitative estimate of drug-likeness (QED) is 0.524. The standard InChI is InChI=1S/C8H18N2O2/c1-7(2)6-9-4-3-5-10-8(11)12/h7,9-10H,3-6H2,1-2H3,(H,11,12). The normalized spacial score (nSPS) is 10.2. The number of carbonyl (C=O) groups is 1. The Labute approximate surface area is 73.3 Å². The van der Waals surface area contributed by atoms with Gasteiger partial charge in [-0.25, -0.2) is 4.79 Å². The maximum absolute atomic E-state index is 10.0. The summed E-state index contributed by atoms with van der Waals surface area (Å²) in [5.74, 6) is 0.650. The van der Waals surface area contributed by atoms with Gasteiger partial charge >= 0.3 is 6.09 Å². The third-order valence-corrected chi connectivity index (χ3v) is 1.36. The predicted octanol–water partition coefficient (Wildman–Crippen LogP) is 0.890. The molecule has 0 atom stereocenters. The van der Waals surface area contributed by atoms with Gasteiger partial charge < -0.3 is 15.7 Å². The molecule has 0 radical (unpaired) electrons. The van der Waals surface area contributed by atoms with Crippen LogP contribution < -0.4 is 10.6 Å². The second kappa shape index (κ2) is 6.91. The summed E-state index contributed by atoms with van der Waals surface area (Å²) in [6, 6.07) is 0. The first-order chi connectivity index (χ1) is 5.63. The van der Waals surface area contributed by atoms with Crippen LogP contribution in [0.5, 0.6) is 0 Å². The Morgan fingerprint density at radius 2 is 2.08 bits per heavy atom. The molecule has 12 heavy (non-hydrogen) atoms. The van der Waals surface area contributed by atoms with Crippen molar-refractivity contribution in [2.24, 2.45) is 5.92 Å². The zero-order valence-corrected chi connectivity index (χ0v) is 7.76. The average Bonchev–Trinajstić information content (AvgIpc) is 1.95. The summed E-state index contributed by atoms with van der Waals surface area (Å²) >= 11 is 0. The summed E-state index contributed by atoms with van der Waals surface area (Å²) in [5.41, 5.74) is 0. The molecule has 0 spiro atoms. The molecular weight excluding hydrogens is 156 g/mol. The van der Waals surface area contributed by atoms with Crippen LogP contribution in [0.15, 0.2) is 0 Å². The van der Waals surface area contributed by atoms with E-state index in [-0.39, 0.29) is 0 Å². The summed E-state index contributed by atoms with van der Waals surface area (Å²) in [6.45, 7) is 6.68. The highest BCUT2D eigenvalue weighted by atomic mass is 16.4. The molecule has 0 rings (SSSR count). The summed E-state index contributed by atoms with van der Waals surface area (Å²) in [4.78, 5) is 10.0. The zero-order valence-electron chi connectivity index (χ0n) is 7.76. The molecule has 72 valence electrons. The van der Waals surface area contributed by atoms with E-state index in [4.69, 9.17) is 5.11 Å². The maximum atomic E-state index is 10.0. The molecule has 0 unspecified atom stereocenters. The second-order valence-electron chi connectivity index (χ2n) is 3.18. The molecule has 0 saturated heterocycles. The van der Waals surface area contributed by atoms with Crippen LogP contribution in [0.2, 0.25) is 0 Å². The first-order valence-corrected chi connectivity index (χ1v) is 4.30. The minimum absolute atomic E-state index is 0.528. The molecule has 0 aliphatic carbocycles. The van der Waals surface area contributed by atoms with Crippen molar-refractivity contribution >= 4 is 6.09 Å². The molecule has 1 amide bonds. The first kappa shape index (κ1) is 11.2. The zero-order chi connectivity index (χ0) is 9.40. The largest absolute Gasteiger partial charge is 0.465 e. The Hall–Kier alpha value is -0.770. The maximum Gasteiger partial charge on any atom is 0.404 e. The molecule has 0 aliphatic rings. The van der Waals surface area contributed by atoms with Crippen molar-refractivity contribution in [3.63, 3.8) is 0 Å². The number of amides is 1. The van der Waals surface area contributed by atoms with E-state index in [0.717, 1.165) is 19.5 Å². The Morgan fingerprint density at radius 1 is 1.42 bits per heavy atom. The number of nitrogens with one attached hydrogen (secondary N) is 2. The third kappa shape index (κ3) is 9.23. The number of rotatable bonds is 6. The molecule has 4 nitrogen and oxygen atoms in total. The molecule has 0 aliphatic heterocycles. The van der Waals surface area contributed by atoms with Crippen LogP contribution in [-0.2, 0) is 0 Å². The monoisotopic (exact) mass is 174 g/mol. The fraction of sp³-hybridized carbons (Fsp3) is 0.875. The minimum Gasteiger partial charge on any atom is -0.465 e. The lowest BCUT2D eigenvalue weighted by Crippen LogP contribution is -2.27. The van der Waals surface area contributed by atoms with E-state index in [9.17, 15) is 4.79 Å². The van der Waals surface area contributed by atoms with Gasteiger partial charge in [0.05, 0.1) is 0 Å².